The van der Waals surface area contributed by atoms with Gasteiger partial charge in [0.05, 0.1) is 0 Å². The molecule has 0 bridgehead atoms. The zero-order valence-corrected chi connectivity index (χ0v) is 12.4. The summed E-state index contributed by atoms with van der Waals surface area (Å²) in [5, 5.41) is 9.01. The van der Waals surface area contributed by atoms with Crippen LogP contribution in [0.3, 0.4) is 0 Å². The van der Waals surface area contributed by atoms with Gasteiger partial charge in [0.15, 0.2) is 0 Å². The number of aliphatic carboxylic acids is 1. The molecule has 6 nitrogen and oxygen atoms in total. The van der Waals surface area contributed by atoms with E-state index in [1.807, 2.05) is 4.90 Å². The maximum Gasteiger partial charge on any atom is 0.323 e. The largest absolute Gasteiger partial charge is 0.480 e. The lowest BCUT2D eigenvalue weighted by Crippen LogP contribution is -2.51. The Labute approximate surface area is 120 Å². The molecule has 6 heteroatoms. The number of carbonyl (C=O) groups excluding carboxylic acids is 1. The molecule has 2 amide bonds. The van der Waals surface area contributed by atoms with Crippen LogP contribution in [0.25, 0.3) is 0 Å². The fraction of sp³-hybridized carbons (Fsp3) is 0.857. The number of nitrogens with zero attached hydrogens (tertiary/aromatic N) is 3. The van der Waals surface area contributed by atoms with Crippen LogP contribution in [0.4, 0.5) is 4.79 Å². The quantitative estimate of drug-likeness (QED) is 0.838. The van der Waals surface area contributed by atoms with E-state index >= 15 is 0 Å². The summed E-state index contributed by atoms with van der Waals surface area (Å²) in [6, 6.07) is 0.235. The molecule has 1 saturated carbocycles. The number of carbonyl (C=O) groups is 2. The van der Waals surface area contributed by atoms with Crippen LogP contribution in [0.2, 0.25) is 0 Å². The fourth-order valence-corrected chi connectivity index (χ4v) is 2.89. The second-order valence-corrected chi connectivity index (χ2v) is 5.91. The lowest BCUT2D eigenvalue weighted by molar-refractivity contribution is -0.137. The minimum atomic E-state index is -0.926. The number of carboxylic acid groups (broad SMARTS) is 1. The minimum absolute atomic E-state index is 0.0861. The van der Waals surface area contributed by atoms with E-state index in [0.29, 0.717) is 0 Å². The van der Waals surface area contributed by atoms with Gasteiger partial charge in [0, 0.05) is 25.2 Å². The maximum absolute atomic E-state index is 12.7. The summed E-state index contributed by atoms with van der Waals surface area (Å²) in [5.74, 6) is -0.926. The van der Waals surface area contributed by atoms with Gasteiger partial charge in [0.1, 0.15) is 6.54 Å². The van der Waals surface area contributed by atoms with Crippen molar-refractivity contribution < 1.29 is 14.7 Å². The number of hydrogen-bond donors (Lipinski definition) is 1. The highest BCUT2D eigenvalue weighted by atomic mass is 16.4. The SMILES string of the molecule is CCC1CN(C)CCCN1C(=O)N(CC(=O)O)C1CC1. The molecule has 1 heterocycles. The Morgan fingerprint density at radius 1 is 1.30 bits per heavy atom. The van der Waals surface area contributed by atoms with Gasteiger partial charge >= 0.3 is 12.0 Å². The molecular weight excluding hydrogens is 258 g/mol. The first kappa shape index (κ1) is 15.1. The average molecular weight is 283 g/mol. The van der Waals surface area contributed by atoms with E-state index in [1.165, 1.54) is 0 Å². The molecule has 114 valence electrons. The van der Waals surface area contributed by atoms with E-state index in [-0.39, 0.29) is 24.7 Å². The maximum atomic E-state index is 12.7. The van der Waals surface area contributed by atoms with E-state index in [1.54, 1.807) is 4.90 Å². The summed E-state index contributed by atoms with van der Waals surface area (Å²) in [6.45, 7) is 4.50. The summed E-state index contributed by atoms with van der Waals surface area (Å²) in [7, 11) is 2.08. The lowest BCUT2D eigenvalue weighted by Gasteiger charge is -2.34. The van der Waals surface area contributed by atoms with Gasteiger partial charge in [-0.15, -0.1) is 0 Å². The topological polar surface area (TPSA) is 64.1 Å². The van der Waals surface area contributed by atoms with Crippen LogP contribution in [0.5, 0.6) is 0 Å². The van der Waals surface area contributed by atoms with Crippen LogP contribution in [0.1, 0.15) is 32.6 Å². The monoisotopic (exact) mass is 283 g/mol. The first-order chi connectivity index (χ1) is 9.52. The first-order valence-electron chi connectivity index (χ1n) is 7.50. The summed E-state index contributed by atoms with van der Waals surface area (Å²) < 4.78 is 0. The Kier molecular flexibility index (Phi) is 4.86. The van der Waals surface area contributed by atoms with Crippen LogP contribution < -0.4 is 0 Å². The van der Waals surface area contributed by atoms with Crippen molar-refractivity contribution in [2.24, 2.45) is 0 Å². The summed E-state index contributed by atoms with van der Waals surface area (Å²) in [4.78, 5) is 29.4. The van der Waals surface area contributed by atoms with Crippen molar-refractivity contribution in [3.8, 4) is 0 Å². The highest BCUT2D eigenvalue weighted by Gasteiger charge is 2.38. The Bertz CT molecular complexity index is 371. The number of rotatable bonds is 4. The third-order valence-electron chi connectivity index (χ3n) is 4.16. The molecule has 2 aliphatic rings. The zero-order valence-electron chi connectivity index (χ0n) is 12.4. The van der Waals surface area contributed by atoms with Gasteiger partial charge in [0.2, 0.25) is 0 Å². The Balaban J connectivity index is 2.09. The van der Waals surface area contributed by atoms with Crippen molar-refractivity contribution in [1.29, 1.82) is 0 Å². The van der Waals surface area contributed by atoms with Crippen molar-refractivity contribution in [2.75, 3.05) is 33.2 Å². The van der Waals surface area contributed by atoms with Crippen molar-refractivity contribution >= 4 is 12.0 Å². The third-order valence-corrected chi connectivity index (χ3v) is 4.16. The molecule has 1 aliphatic carbocycles. The molecule has 0 aromatic carbocycles. The van der Waals surface area contributed by atoms with Crippen molar-refractivity contribution in [1.82, 2.24) is 14.7 Å². The minimum Gasteiger partial charge on any atom is -0.480 e. The van der Waals surface area contributed by atoms with E-state index < -0.39 is 5.97 Å². The van der Waals surface area contributed by atoms with Gasteiger partial charge in [-0.2, -0.15) is 0 Å². The van der Waals surface area contributed by atoms with Gasteiger partial charge in [-0.3, -0.25) is 4.79 Å². The number of hydrogen-bond acceptors (Lipinski definition) is 3. The smallest absolute Gasteiger partial charge is 0.323 e. The molecule has 0 spiro atoms. The molecule has 1 saturated heterocycles. The highest BCUT2D eigenvalue weighted by molar-refractivity contribution is 5.81. The molecule has 1 atom stereocenters. The molecule has 1 unspecified atom stereocenters. The van der Waals surface area contributed by atoms with E-state index in [0.717, 1.165) is 45.3 Å². The predicted molar refractivity (Wildman–Crippen MR) is 75.7 cm³/mol. The molecule has 2 rings (SSSR count). The second kappa shape index (κ2) is 6.43. The number of carboxylic acids is 1. The van der Waals surface area contributed by atoms with Gasteiger partial charge in [-0.1, -0.05) is 6.92 Å². The van der Waals surface area contributed by atoms with E-state index in [2.05, 4.69) is 18.9 Å². The van der Waals surface area contributed by atoms with Crippen LogP contribution in [-0.4, -0.2) is 77.1 Å². The average Bonchev–Trinajstić information content (AvgIpc) is 3.21. The zero-order chi connectivity index (χ0) is 14.7. The molecule has 1 aliphatic heterocycles. The van der Waals surface area contributed by atoms with Crippen LogP contribution in [0.15, 0.2) is 0 Å². The third kappa shape index (κ3) is 3.62. The number of amides is 2. The van der Waals surface area contributed by atoms with Crippen LogP contribution >= 0.6 is 0 Å². The normalized spacial score (nSPS) is 24.3. The number of urea groups is 1. The standard InChI is InChI=1S/C14H25N3O3/c1-3-11-9-15(2)7-4-8-16(11)14(20)17(10-13(18)19)12-5-6-12/h11-12H,3-10H2,1-2H3,(H,18,19). The molecule has 0 aromatic rings. The van der Waals surface area contributed by atoms with Gasteiger partial charge in [-0.05, 0) is 39.3 Å². The first-order valence-corrected chi connectivity index (χ1v) is 7.50. The fourth-order valence-electron chi connectivity index (χ4n) is 2.89. The molecule has 0 aromatic heterocycles. The van der Waals surface area contributed by atoms with E-state index in [9.17, 15) is 9.59 Å². The summed E-state index contributed by atoms with van der Waals surface area (Å²) >= 11 is 0. The van der Waals surface area contributed by atoms with Crippen LogP contribution in [0, 0.1) is 0 Å². The van der Waals surface area contributed by atoms with Crippen molar-refractivity contribution in [3.05, 3.63) is 0 Å². The van der Waals surface area contributed by atoms with Crippen LogP contribution in [-0.2, 0) is 4.79 Å². The molecule has 20 heavy (non-hydrogen) atoms. The summed E-state index contributed by atoms with van der Waals surface area (Å²) in [5.41, 5.74) is 0. The van der Waals surface area contributed by atoms with Crippen molar-refractivity contribution in [3.63, 3.8) is 0 Å². The van der Waals surface area contributed by atoms with Gasteiger partial charge in [-0.25, -0.2) is 4.79 Å². The van der Waals surface area contributed by atoms with Gasteiger partial charge < -0.3 is 19.8 Å². The molecule has 2 fully saturated rings. The Morgan fingerprint density at radius 2 is 2.00 bits per heavy atom. The molecular formula is C14H25N3O3. The second-order valence-electron chi connectivity index (χ2n) is 5.91. The predicted octanol–water partition coefficient (Wildman–Crippen LogP) is 1.07. The number of likely N-dealkylation sites (N-methyl/N-ethyl adjacent to an activating group) is 1. The Hall–Kier alpha value is -1.30. The highest BCUT2D eigenvalue weighted by Crippen LogP contribution is 2.28. The van der Waals surface area contributed by atoms with Gasteiger partial charge in [0.25, 0.3) is 0 Å². The van der Waals surface area contributed by atoms with E-state index in [4.69, 9.17) is 5.11 Å². The Morgan fingerprint density at radius 3 is 2.55 bits per heavy atom. The lowest BCUT2D eigenvalue weighted by atomic mass is 10.2. The molecule has 1 N–H and O–H groups in total. The van der Waals surface area contributed by atoms with Crippen molar-refractivity contribution in [2.45, 2.75) is 44.7 Å². The molecule has 0 radical (unpaired) electrons. The summed E-state index contributed by atoms with van der Waals surface area (Å²) in [6.07, 6.45) is 3.72.